The molecule has 3 rings (SSSR count). The van der Waals surface area contributed by atoms with Crippen LogP contribution < -0.4 is 0 Å². The first-order valence-corrected chi connectivity index (χ1v) is 7.01. The number of nitrogens with zero attached hydrogens (tertiary/aromatic N) is 2. The number of rotatable bonds is 3. The van der Waals surface area contributed by atoms with Crippen molar-refractivity contribution in [3.63, 3.8) is 0 Å². The van der Waals surface area contributed by atoms with Crippen molar-refractivity contribution in [2.75, 3.05) is 19.6 Å². The van der Waals surface area contributed by atoms with Crippen molar-refractivity contribution in [1.29, 1.82) is 0 Å². The number of carbonyl (C=O) groups is 1. The molecule has 1 aromatic rings. The highest BCUT2D eigenvalue weighted by Crippen LogP contribution is 2.30. The smallest absolute Gasteiger partial charge is 0.267 e. The lowest BCUT2D eigenvalue weighted by Gasteiger charge is -2.40. The minimum absolute atomic E-state index is 0.354. The highest BCUT2D eigenvalue weighted by atomic mass is 16.2. The van der Waals surface area contributed by atoms with Crippen LogP contribution in [0.5, 0.6) is 0 Å². The van der Waals surface area contributed by atoms with Crippen molar-refractivity contribution < 1.29 is 9.39 Å². The molecule has 2 aliphatic heterocycles. The van der Waals surface area contributed by atoms with Gasteiger partial charge < -0.3 is 0 Å². The predicted octanol–water partition coefficient (Wildman–Crippen LogP) is 2.33. The van der Waals surface area contributed by atoms with Gasteiger partial charge in [0.05, 0.1) is 6.54 Å². The van der Waals surface area contributed by atoms with Crippen molar-refractivity contribution >= 4 is 5.91 Å². The van der Waals surface area contributed by atoms with Crippen LogP contribution in [0.2, 0.25) is 0 Å². The van der Waals surface area contributed by atoms with Gasteiger partial charge in [0.2, 0.25) is 0 Å². The van der Waals surface area contributed by atoms with Crippen molar-refractivity contribution in [2.45, 2.75) is 32.2 Å². The summed E-state index contributed by atoms with van der Waals surface area (Å²) in [6.45, 7) is 4.18. The van der Waals surface area contributed by atoms with Gasteiger partial charge in [-0.1, -0.05) is 30.3 Å². The number of likely N-dealkylation sites (tertiary alicyclic amines) is 1. The molecule has 2 fully saturated rings. The second-order valence-electron chi connectivity index (χ2n) is 5.51. The van der Waals surface area contributed by atoms with Gasteiger partial charge >= 0.3 is 0 Å². The fraction of sp³-hybridized carbons (Fsp3) is 0.533. The van der Waals surface area contributed by atoms with Crippen LogP contribution in [0, 0.1) is 0 Å². The zero-order valence-electron chi connectivity index (χ0n) is 10.8. The Hall–Kier alpha value is -1.35. The van der Waals surface area contributed by atoms with Crippen molar-refractivity contribution in [3.8, 4) is 0 Å². The van der Waals surface area contributed by atoms with E-state index < -0.39 is 0 Å². The summed E-state index contributed by atoms with van der Waals surface area (Å²) in [4.78, 5) is 12.1. The molecule has 2 saturated heterocycles. The zero-order valence-corrected chi connectivity index (χ0v) is 10.8. The van der Waals surface area contributed by atoms with Crippen LogP contribution in [0.1, 0.15) is 31.2 Å². The lowest BCUT2D eigenvalue weighted by molar-refractivity contribution is -1.02. The molecule has 0 aliphatic carbocycles. The van der Waals surface area contributed by atoms with Gasteiger partial charge in [0.1, 0.15) is 19.6 Å². The Morgan fingerprint density at radius 2 is 1.78 bits per heavy atom. The number of hydrogen-bond acceptors (Lipinski definition) is 1. The van der Waals surface area contributed by atoms with Crippen LogP contribution in [-0.2, 0) is 11.3 Å². The maximum atomic E-state index is 12.1. The number of amides is 1. The lowest BCUT2D eigenvalue weighted by atomic mass is 10.2. The van der Waals surface area contributed by atoms with Crippen molar-refractivity contribution in [1.82, 2.24) is 5.01 Å². The highest BCUT2D eigenvalue weighted by Gasteiger charge is 2.43. The van der Waals surface area contributed by atoms with Crippen LogP contribution in [0.3, 0.4) is 0 Å². The first-order valence-electron chi connectivity index (χ1n) is 7.01. The van der Waals surface area contributed by atoms with E-state index in [1.165, 1.54) is 18.4 Å². The summed E-state index contributed by atoms with van der Waals surface area (Å²) in [6, 6.07) is 10.6. The van der Waals surface area contributed by atoms with Gasteiger partial charge in [-0.05, 0) is 6.42 Å². The van der Waals surface area contributed by atoms with E-state index in [2.05, 4.69) is 35.3 Å². The van der Waals surface area contributed by atoms with E-state index in [9.17, 15) is 4.79 Å². The number of carbonyl (C=O) groups excluding carboxylic acids is 1. The molecule has 3 nitrogen and oxygen atoms in total. The molecule has 2 aliphatic rings. The van der Waals surface area contributed by atoms with Gasteiger partial charge in [0.25, 0.3) is 5.91 Å². The largest absolute Gasteiger partial charge is 0.270 e. The fourth-order valence-electron chi connectivity index (χ4n) is 3.41. The molecule has 0 saturated carbocycles. The maximum absolute atomic E-state index is 12.1. The molecule has 0 unspecified atom stereocenters. The minimum Gasteiger partial charge on any atom is -0.270 e. The Balaban J connectivity index is 1.85. The number of quaternary nitrogens is 1. The van der Waals surface area contributed by atoms with Gasteiger partial charge in [-0.25, -0.2) is 4.59 Å². The molecular weight excluding hydrogens is 224 g/mol. The Kier molecular flexibility index (Phi) is 3.08. The third-order valence-electron chi connectivity index (χ3n) is 4.28. The molecule has 1 amide bonds. The van der Waals surface area contributed by atoms with Gasteiger partial charge in [-0.2, -0.15) is 5.01 Å². The van der Waals surface area contributed by atoms with Crippen molar-refractivity contribution in [3.05, 3.63) is 35.9 Å². The van der Waals surface area contributed by atoms with Crippen LogP contribution in [-0.4, -0.2) is 35.1 Å². The maximum Gasteiger partial charge on any atom is 0.267 e. The molecule has 3 heteroatoms. The summed E-state index contributed by atoms with van der Waals surface area (Å²) in [5, 5.41) is 2.14. The molecule has 1 aromatic carbocycles. The molecule has 18 heavy (non-hydrogen) atoms. The molecule has 0 aromatic heterocycles. The van der Waals surface area contributed by atoms with E-state index in [0.29, 0.717) is 5.91 Å². The SMILES string of the molecule is O=C1CCCN1[N+]1(Cc2ccccc2)CCCC1. The van der Waals surface area contributed by atoms with Gasteiger partial charge in [-0.15, -0.1) is 0 Å². The molecule has 96 valence electrons. The Bertz CT molecular complexity index is 423. The molecule has 0 atom stereocenters. The molecular formula is C15H21N2O+. The van der Waals surface area contributed by atoms with E-state index in [4.69, 9.17) is 0 Å². The minimum atomic E-state index is 0.354. The quantitative estimate of drug-likeness (QED) is 0.748. The molecule has 0 N–H and O–H groups in total. The second-order valence-corrected chi connectivity index (χ2v) is 5.51. The summed E-state index contributed by atoms with van der Waals surface area (Å²) in [5.74, 6) is 0.354. The summed E-state index contributed by atoms with van der Waals surface area (Å²) in [5.41, 5.74) is 1.35. The third kappa shape index (κ3) is 2.03. The predicted molar refractivity (Wildman–Crippen MR) is 70.3 cm³/mol. The van der Waals surface area contributed by atoms with E-state index in [1.807, 2.05) is 0 Å². The Morgan fingerprint density at radius 3 is 2.39 bits per heavy atom. The molecule has 0 spiro atoms. The highest BCUT2D eigenvalue weighted by molar-refractivity contribution is 5.76. The summed E-state index contributed by atoms with van der Waals surface area (Å²) in [7, 11) is 0. The summed E-state index contributed by atoms with van der Waals surface area (Å²) >= 11 is 0. The third-order valence-corrected chi connectivity index (χ3v) is 4.28. The molecule has 2 heterocycles. The normalized spacial score (nSPS) is 22.7. The lowest BCUT2D eigenvalue weighted by Crippen LogP contribution is -2.58. The first-order chi connectivity index (χ1) is 8.80. The zero-order chi connectivity index (χ0) is 12.4. The van der Waals surface area contributed by atoms with Crippen LogP contribution in [0.25, 0.3) is 0 Å². The summed E-state index contributed by atoms with van der Waals surface area (Å²) < 4.78 is 0.878. The van der Waals surface area contributed by atoms with Gasteiger partial charge in [0, 0.05) is 24.8 Å². The topological polar surface area (TPSA) is 20.3 Å². The average molecular weight is 245 g/mol. The van der Waals surface area contributed by atoms with E-state index in [0.717, 1.165) is 43.6 Å². The number of benzene rings is 1. The first kappa shape index (κ1) is 11.7. The van der Waals surface area contributed by atoms with Gasteiger partial charge in [-0.3, -0.25) is 4.79 Å². The van der Waals surface area contributed by atoms with E-state index in [-0.39, 0.29) is 0 Å². The second kappa shape index (κ2) is 4.73. The van der Waals surface area contributed by atoms with Crippen molar-refractivity contribution in [2.24, 2.45) is 0 Å². The monoisotopic (exact) mass is 245 g/mol. The van der Waals surface area contributed by atoms with Crippen LogP contribution in [0.15, 0.2) is 30.3 Å². The molecule has 0 bridgehead atoms. The summed E-state index contributed by atoms with van der Waals surface area (Å²) in [6.07, 6.45) is 4.27. The van der Waals surface area contributed by atoms with Crippen LogP contribution >= 0.6 is 0 Å². The fourth-order valence-corrected chi connectivity index (χ4v) is 3.41. The van der Waals surface area contributed by atoms with E-state index in [1.54, 1.807) is 0 Å². The molecule has 0 radical (unpaired) electrons. The average Bonchev–Trinajstić information content (AvgIpc) is 3.00. The van der Waals surface area contributed by atoms with Crippen LogP contribution in [0.4, 0.5) is 0 Å². The Labute approximate surface area is 109 Å². The standard InChI is InChI=1S/C15H21N2O/c18-15-9-6-10-16(15)17(11-4-5-12-17)13-14-7-2-1-3-8-14/h1-3,7-8H,4-6,9-13H2/q+1. The van der Waals surface area contributed by atoms with Gasteiger partial charge in [0.15, 0.2) is 0 Å². The van der Waals surface area contributed by atoms with E-state index >= 15 is 0 Å². The number of hydrogen-bond donors (Lipinski definition) is 0. The Morgan fingerprint density at radius 1 is 1.06 bits per heavy atom.